The van der Waals surface area contributed by atoms with Crippen LogP contribution >= 0.6 is 11.8 Å². The van der Waals surface area contributed by atoms with Gasteiger partial charge in [0.25, 0.3) is 11.5 Å². The SMILES string of the molecule is O=C(Nc1ccc(SCc2cccnc2)cc1)c1ccc[nH]c1=O. The number of thioether (sulfide) groups is 1. The molecule has 24 heavy (non-hydrogen) atoms. The largest absolute Gasteiger partial charge is 0.328 e. The van der Waals surface area contributed by atoms with Crippen molar-refractivity contribution >= 4 is 23.4 Å². The van der Waals surface area contributed by atoms with E-state index in [-0.39, 0.29) is 5.56 Å². The number of rotatable bonds is 5. The third-order valence-corrected chi connectivity index (χ3v) is 4.39. The van der Waals surface area contributed by atoms with Gasteiger partial charge < -0.3 is 10.3 Å². The highest BCUT2D eigenvalue weighted by Gasteiger charge is 2.09. The van der Waals surface area contributed by atoms with Gasteiger partial charge in [0.2, 0.25) is 0 Å². The van der Waals surface area contributed by atoms with Gasteiger partial charge in [0.1, 0.15) is 5.56 Å². The number of hydrogen-bond acceptors (Lipinski definition) is 4. The quantitative estimate of drug-likeness (QED) is 0.701. The third-order valence-electron chi connectivity index (χ3n) is 3.30. The molecule has 3 aromatic rings. The zero-order chi connectivity index (χ0) is 16.8. The van der Waals surface area contributed by atoms with E-state index >= 15 is 0 Å². The van der Waals surface area contributed by atoms with Crippen molar-refractivity contribution in [2.24, 2.45) is 0 Å². The lowest BCUT2D eigenvalue weighted by Crippen LogP contribution is -2.22. The molecule has 2 heterocycles. The van der Waals surface area contributed by atoms with Crippen LogP contribution in [0.1, 0.15) is 15.9 Å². The highest BCUT2D eigenvalue weighted by atomic mass is 32.2. The molecule has 3 rings (SSSR count). The van der Waals surface area contributed by atoms with E-state index in [4.69, 9.17) is 0 Å². The lowest BCUT2D eigenvalue weighted by atomic mass is 10.2. The Bertz CT molecular complexity index is 877. The Kier molecular flexibility index (Phi) is 5.08. The number of amides is 1. The molecule has 5 nitrogen and oxygen atoms in total. The summed E-state index contributed by atoms with van der Waals surface area (Å²) in [5, 5.41) is 2.72. The van der Waals surface area contributed by atoms with Gasteiger partial charge in [-0.1, -0.05) is 6.07 Å². The van der Waals surface area contributed by atoms with E-state index < -0.39 is 11.5 Å². The summed E-state index contributed by atoms with van der Waals surface area (Å²) in [6, 6.07) is 14.6. The summed E-state index contributed by atoms with van der Waals surface area (Å²) in [6.45, 7) is 0. The number of H-pyrrole nitrogens is 1. The van der Waals surface area contributed by atoms with Crippen LogP contribution in [-0.2, 0) is 5.75 Å². The Morgan fingerprint density at radius 2 is 1.96 bits per heavy atom. The maximum absolute atomic E-state index is 12.1. The van der Waals surface area contributed by atoms with E-state index in [1.807, 2.05) is 42.6 Å². The second kappa shape index (κ2) is 7.61. The number of aromatic amines is 1. The summed E-state index contributed by atoms with van der Waals surface area (Å²) in [5.41, 5.74) is 1.49. The second-order valence-corrected chi connectivity index (χ2v) is 6.09. The number of carbonyl (C=O) groups is 1. The van der Waals surface area contributed by atoms with Crippen molar-refractivity contribution in [3.63, 3.8) is 0 Å². The number of pyridine rings is 2. The number of hydrogen-bond donors (Lipinski definition) is 2. The predicted molar refractivity (Wildman–Crippen MR) is 95.3 cm³/mol. The van der Waals surface area contributed by atoms with Crippen LogP contribution < -0.4 is 10.9 Å². The summed E-state index contributed by atoms with van der Waals surface area (Å²) in [4.78, 5) is 31.4. The molecule has 0 spiro atoms. The molecule has 0 unspecified atom stereocenters. The highest BCUT2D eigenvalue weighted by molar-refractivity contribution is 7.98. The van der Waals surface area contributed by atoms with Crippen LogP contribution in [0, 0.1) is 0 Å². The minimum atomic E-state index is -0.424. The zero-order valence-corrected chi connectivity index (χ0v) is 13.5. The van der Waals surface area contributed by atoms with Crippen molar-refractivity contribution < 1.29 is 4.79 Å². The molecule has 0 fully saturated rings. The van der Waals surface area contributed by atoms with E-state index in [9.17, 15) is 9.59 Å². The standard InChI is InChI=1S/C18H15N3O2S/c22-17-16(4-2-10-20-17)18(23)21-14-5-7-15(8-6-14)24-12-13-3-1-9-19-11-13/h1-11H,12H2,(H,20,22)(H,21,23). The van der Waals surface area contributed by atoms with Gasteiger partial charge >= 0.3 is 0 Å². The molecular formula is C18H15N3O2S. The number of carbonyl (C=O) groups excluding carboxylic acids is 1. The number of anilines is 1. The van der Waals surface area contributed by atoms with E-state index in [2.05, 4.69) is 15.3 Å². The molecule has 2 aromatic heterocycles. The molecule has 0 aliphatic rings. The van der Waals surface area contributed by atoms with Gasteiger partial charge in [-0.2, -0.15) is 0 Å². The second-order valence-electron chi connectivity index (χ2n) is 5.04. The molecule has 2 N–H and O–H groups in total. The molecule has 0 radical (unpaired) electrons. The Labute approximate surface area is 143 Å². The average molecular weight is 337 g/mol. The van der Waals surface area contributed by atoms with Gasteiger partial charge in [0.05, 0.1) is 0 Å². The molecule has 0 saturated heterocycles. The average Bonchev–Trinajstić information content (AvgIpc) is 2.62. The monoisotopic (exact) mass is 337 g/mol. The van der Waals surface area contributed by atoms with Crippen LogP contribution in [0.2, 0.25) is 0 Å². The molecule has 0 atom stereocenters. The van der Waals surface area contributed by atoms with Gasteiger partial charge in [-0.25, -0.2) is 0 Å². The smallest absolute Gasteiger partial charge is 0.261 e. The van der Waals surface area contributed by atoms with Gasteiger partial charge in [0.15, 0.2) is 0 Å². The Hall–Kier alpha value is -2.86. The molecule has 1 aromatic carbocycles. The maximum Gasteiger partial charge on any atom is 0.261 e. The first kappa shape index (κ1) is 16.0. The van der Waals surface area contributed by atoms with Crippen molar-refractivity contribution in [2.75, 3.05) is 5.32 Å². The normalized spacial score (nSPS) is 10.3. The summed E-state index contributed by atoms with van der Waals surface area (Å²) in [7, 11) is 0. The molecular weight excluding hydrogens is 322 g/mol. The highest BCUT2D eigenvalue weighted by Crippen LogP contribution is 2.24. The van der Waals surface area contributed by atoms with Gasteiger partial charge in [-0.3, -0.25) is 14.6 Å². The third kappa shape index (κ3) is 4.11. The van der Waals surface area contributed by atoms with Crippen molar-refractivity contribution in [2.45, 2.75) is 10.6 Å². The van der Waals surface area contributed by atoms with Crippen LogP contribution in [0.4, 0.5) is 5.69 Å². The van der Waals surface area contributed by atoms with Crippen LogP contribution in [0.25, 0.3) is 0 Å². The molecule has 0 saturated carbocycles. The Balaban J connectivity index is 1.61. The molecule has 6 heteroatoms. The van der Waals surface area contributed by atoms with Crippen LogP contribution in [-0.4, -0.2) is 15.9 Å². The fourth-order valence-electron chi connectivity index (χ4n) is 2.08. The predicted octanol–water partition coefficient (Wildman–Crippen LogP) is 3.31. The molecule has 1 amide bonds. The summed E-state index contributed by atoms with van der Waals surface area (Å²) in [5.74, 6) is 0.409. The van der Waals surface area contributed by atoms with E-state index in [1.54, 1.807) is 24.0 Å². The molecule has 0 bridgehead atoms. The first-order valence-electron chi connectivity index (χ1n) is 7.33. The van der Waals surface area contributed by atoms with Crippen LogP contribution in [0.15, 0.2) is 76.8 Å². The molecule has 0 aliphatic carbocycles. The molecule has 0 aliphatic heterocycles. The number of aromatic nitrogens is 2. The van der Waals surface area contributed by atoms with E-state index in [0.717, 1.165) is 16.2 Å². The maximum atomic E-state index is 12.1. The fourth-order valence-corrected chi connectivity index (χ4v) is 2.92. The Morgan fingerprint density at radius 1 is 1.12 bits per heavy atom. The summed E-state index contributed by atoms with van der Waals surface area (Å²) in [6.07, 6.45) is 5.09. The first-order valence-corrected chi connectivity index (χ1v) is 8.32. The van der Waals surface area contributed by atoms with Crippen molar-refractivity contribution in [3.8, 4) is 0 Å². The van der Waals surface area contributed by atoms with Gasteiger partial charge in [-0.05, 0) is 48.0 Å². The van der Waals surface area contributed by atoms with Gasteiger partial charge in [0, 0.05) is 34.9 Å². The van der Waals surface area contributed by atoms with Crippen LogP contribution in [0.5, 0.6) is 0 Å². The number of benzene rings is 1. The minimum Gasteiger partial charge on any atom is -0.328 e. The lowest BCUT2D eigenvalue weighted by Gasteiger charge is -2.06. The van der Waals surface area contributed by atoms with Crippen molar-refractivity contribution in [1.29, 1.82) is 0 Å². The van der Waals surface area contributed by atoms with Crippen molar-refractivity contribution in [3.05, 3.63) is 88.6 Å². The number of nitrogens with one attached hydrogen (secondary N) is 2. The summed E-state index contributed by atoms with van der Waals surface area (Å²) < 4.78 is 0. The first-order chi connectivity index (χ1) is 11.7. The topological polar surface area (TPSA) is 74.8 Å². The van der Waals surface area contributed by atoms with Gasteiger partial charge in [-0.15, -0.1) is 11.8 Å². The Morgan fingerprint density at radius 3 is 2.67 bits per heavy atom. The molecule has 120 valence electrons. The lowest BCUT2D eigenvalue weighted by molar-refractivity contribution is 0.102. The zero-order valence-electron chi connectivity index (χ0n) is 12.7. The summed E-state index contributed by atoms with van der Waals surface area (Å²) >= 11 is 1.69. The fraction of sp³-hybridized carbons (Fsp3) is 0.0556. The number of nitrogens with zero attached hydrogens (tertiary/aromatic N) is 1. The van der Waals surface area contributed by atoms with Crippen LogP contribution in [0.3, 0.4) is 0 Å². The van der Waals surface area contributed by atoms with E-state index in [1.165, 1.54) is 12.3 Å². The minimum absolute atomic E-state index is 0.0903. The van der Waals surface area contributed by atoms with Crippen molar-refractivity contribution in [1.82, 2.24) is 9.97 Å². The van der Waals surface area contributed by atoms with E-state index in [0.29, 0.717) is 5.69 Å².